The Labute approximate surface area is 103 Å². The second kappa shape index (κ2) is 4.37. The van der Waals surface area contributed by atoms with Gasteiger partial charge in [0.25, 0.3) is 0 Å². The van der Waals surface area contributed by atoms with Gasteiger partial charge in [0.05, 0.1) is 0 Å². The monoisotopic (exact) mass is 321 g/mol. The van der Waals surface area contributed by atoms with Crippen LogP contribution in [0.4, 0.5) is 0 Å². The Hall–Kier alpha value is 0.200. The predicted molar refractivity (Wildman–Crippen MR) is 68.7 cm³/mol. The maximum absolute atomic E-state index is 6.08. The molecule has 1 aromatic carbocycles. The second-order valence-corrected chi connectivity index (χ2v) is 5.47. The molecule has 0 aliphatic heterocycles. The summed E-state index contributed by atoms with van der Waals surface area (Å²) in [6.45, 7) is 0. The van der Waals surface area contributed by atoms with E-state index in [0.29, 0.717) is 12.0 Å². The summed E-state index contributed by atoms with van der Waals surface area (Å²) in [7, 11) is 0. The van der Waals surface area contributed by atoms with Crippen LogP contribution < -0.4 is 5.73 Å². The van der Waals surface area contributed by atoms with Crippen molar-refractivity contribution >= 4 is 34.2 Å². The van der Waals surface area contributed by atoms with Gasteiger partial charge >= 0.3 is 0 Å². The van der Waals surface area contributed by atoms with Crippen molar-refractivity contribution in [1.29, 1.82) is 0 Å². The number of nitrogens with two attached hydrogens (primary N) is 1. The summed E-state index contributed by atoms with van der Waals surface area (Å²) in [4.78, 5) is 0. The van der Waals surface area contributed by atoms with E-state index in [4.69, 9.17) is 17.3 Å². The highest BCUT2D eigenvalue weighted by Crippen LogP contribution is 2.36. The summed E-state index contributed by atoms with van der Waals surface area (Å²) in [5.74, 6) is 0.514. The number of hydrogen-bond acceptors (Lipinski definition) is 1. The third-order valence-corrected chi connectivity index (χ3v) is 4.14. The van der Waals surface area contributed by atoms with Crippen LogP contribution in [0.1, 0.15) is 30.7 Å². The fourth-order valence-electron chi connectivity index (χ4n) is 2.17. The van der Waals surface area contributed by atoms with Crippen molar-refractivity contribution in [2.24, 2.45) is 5.73 Å². The van der Waals surface area contributed by atoms with Crippen LogP contribution >= 0.6 is 34.2 Å². The lowest BCUT2D eigenvalue weighted by atomic mass is 9.95. The third kappa shape index (κ3) is 2.07. The molecule has 0 saturated heterocycles. The van der Waals surface area contributed by atoms with Gasteiger partial charge in [-0.2, -0.15) is 0 Å². The van der Waals surface area contributed by atoms with E-state index in [1.807, 2.05) is 6.07 Å². The molecule has 0 spiro atoms. The first-order valence-electron chi connectivity index (χ1n) is 4.89. The highest BCUT2D eigenvalue weighted by Gasteiger charge is 2.26. The lowest BCUT2D eigenvalue weighted by Crippen LogP contribution is -2.23. The first kappa shape index (κ1) is 10.7. The first-order chi connectivity index (χ1) is 6.68. The second-order valence-electron chi connectivity index (χ2n) is 3.87. The van der Waals surface area contributed by atoms with E-state index in [1.165, 1.54) is 22.0 Å². The van der Waals surface area contributed by atoms with Gasteiger partial charge in [-0.25, -0.2) is 0 Å². The van der Waals surface area contributed by atoms with Gasteiger partial charge in [0.2, 0.25) is 0 Å². The Morgan fingerprint density at radius 3 is 2.79 bits per heavy atom. The summed E-state index contributed by atoms with van der Waals surface area (Å²) in [5.41, 5.74) is 7.42. The molecular weight excluding hydrogens is 308 g/mol. The quantitative estimate of drug-likeness (QED) is 0.787. The molecule has 14 heavy (non-hydrogen) atoms. The van der Waals surface area contributed by atoms with E-state index in [0.717, 1.165) is 11.4 Å². The number of hydrogen-bond donors (Lipinski definition) is 1. The van der Waals surface area contributed by atoms with Crippen LogP contribution in [-0.2, 0) is 0 Å². The molecule has 76 valence electrons. The maximum atomic E-state index is 6.08. The summed E-state index contributed by atoms with van der Waals surface area (Å²) in [6, 6.07) is 6.40. The molecule has 0 bridgehead atoms. The van der Waals surface area contributed by atoms with Gasteiger partial charge in [0.15, 0.2) is 0 Å². The van der Waals surface area contributed by atoms with Crippen molar-refractivity contribution in [1.82, 2.24) is 0 Å². The van der Waals surface area contributed by atoms with Crippen molar-refractivity contribution in [3.63, 3.8) is 0 Å². The third-order valence-electron chi connectivity index (χ3n) is 2.93. The molecule has 1 fully saturated rings. The molecule has 0 amide bonds. The van der Waals surface area contributed by atoms with Crippen LogP contribution in [0.15, 0.2) is 18.2 Å². The lowest BCUT2D eigenvalue weighted by Gasteiger charge is -2.17. The molecule has 1 saturated carbocycles. The summed E-state index contributed by atoms with van der Waals surface area (Å²) in [6.07, 6.45) is 3.60. The zero-order valence-electron chi connectivity index (χ0n) is 7.84. The first-order valence-corrected chi connectivity index (χ1v) is 6.34. The van der Waals surface area contributed by atoms with E-state index in [9.17, 15) is 0 Å². The predicted octanol–water partition coefficient (Wildman–Crippen LogP) is 3.54. The Morgan fingerprint density at radius 2 is 2.14 bits per heavy atom. The topological polar surface area (TPSA) is 26.0 Å². The van der Waals surface area contributed by atoms with Crippen LogP contribution in [0.5, 0.6) is 0 Å². The van der Waals surface area contributed by atoms with Gasteiger partial charge in [-0.05, 0) is 59.2 Å². The minimum absolute atomic E-state index is 0.321. The highest BCUT2D eigenvalue weighted by molar-refractivity contribution is 14.1. The van der Waals surface area contributed by atoms with Crippen molar-refractivity contribution in [2.75, 3.05) is 0 Å². The number of halogens is 2. The average molecular weight is 322 g/mol. The Kier molecular flexibility index (Phi) is 3.34. The minimum atomic E-state index is 0.321. The van der Waals surface area contributed by atoms with Crippen molar-refractivity contribution in [3.05, 3.63) is 32.4 Å². The molecule has 2 unspecified atom stereocenters. The molecule has 0 heterocycles. The smallest absolute Gasteiger partial charge is 0.0409 e. The highest BCUT2D eigenvalue weighted by atomic mass is 127. The average Bonchev–Trinajstić information content (AvgIpc) is 2.56. The van der Waals surface area contributed by atoms with Gasteiger partial charge in [-0.1, -0.05) is 18.0 Å². The fraction of sp³-hybridized carbons (Fsp3) is 0.455. The van der Waals surface area contributed by atoms with Crippen LogP contribution in [0.2, 0.25) is 5.02 Å². The largest absolute Gasteiger partial charge is 0.327 e. The molecule has 1 aliphatic rings. The standard InChI is InChI=1S/C11H13ClIN/c12-7-4-5-10(13)9(6-7)8-2-1-3-11(8)14/h4-6,8,11H,1-3,14H2. The molecule has 2 N–H and O–H groups in total. The van der Waals surface area contributed by atoms with E-state index >= 15 is 0 Å². The molecule has 1 aromatic rings. The van der Waals surface area contributed by atoms with Gasteiger partial charge in [0, 0.05) is 20.6 Å². The van der Waals surface area contributed by atoms with Crippen molar-refractivity contribution in [2.45, 2.75) is 31.2 Å². The van der Waals surface area contributed by atoms with Crippen LogP contribution in [0.3, 0.4) is 0 Å². The summed E-state index contributed by atoms with van der Waals surface area (Å²) >= 11 is 8.36. The van der Waals surface area contributed by atoms with E-state index < -0.39 is 0 Å². The maximum Gasteiger partial charge on any atom is 0.0409 e. The van der Waals surface area contributed by atoms with Gasteiger partial charge in [-0.15, -0.1) is 0 Å². The van der Waals surface area contributed by atoms with Gasteiger partial charge in [0.1, 0.15) is 0 Å². The molecule has 2 atom stereocenters. The Balaban J connectivity index is 2.34. The normalized spacial score (nSPS) is 26.8. The summed E-state index contributed by atoms with van der Waals surface area (Å²) in [5, 5.41) is 0.819. The summed E-state index contributed by atoms with van der Waals surface area (Å²) < 4.78 is 1.29. The zero-order chi connectivity index (χ0) is 10.1. The zero-order valence-corrected chi connectivity index (χ0v) is 10.8. The van der Waals surface area contributed by atoms with Gasteiger partial charge in [-0.3, -0.25) is 0 Å². The molecule has 1 nitrogen and oxygen atoms in total. The molecular formula is C11H13ClIN. The number of rotatable bonds is 1. The number of benzene rings is 1. The Morgan fingerprint density at radius 1 is 1.36 bits per heavy atom. The van der Waals surface area contributed by atoms with Crippen LogP contribution in [0.25, 0.3) is 0 Å². The molecule has 2 rings (SSSR count). The van der Waals surface area contributed by atoms with Crippen molar-refractivity contribution in [3.8, 4) is 0 Å². The SMILES string of the molecule is NC1CCCC1c1cc(Cl)ccc1I. The molecule has 1 aliphatic carbocycles. The Bertz CT molecular complexity index is 340. The molecule has 0 aromatic heterocycles. The van der Waals surface area contributed by atoms with Crippen LogP contribution in [-0.4, -0.2) is 6.04 Å². The van der Waals surface area contributed by atoms with Crippen LogP contribution in [0, 0.1) is 3.57 Å². The fourth-order valence-corrected chi connectivity index (χ4v) is 3.09. The molecule has 0 radical (unpaired) electrons. The van der Waals surface area contributed by atoms with E-state index in [2.05, 4.69) is 34.7 Å². The lowest BCUT2D eigenvalue weighted by molar-refractivity contribution is 0.611. The molecule has 3 heteroatoms. The van der Waals surface area contributed by atoms with Gasteiger partial charge < -0.3 is 5.73 Å². The minimum Gasteiger partial charge on any atom is -0.327 e. The van der Waals surface area contributed by atoms with E-state index in [-0.39, 0.29) is 0 Å². The van der Waals surface area contributed by atoms with E-state index in [1.54, 1.807) is 0 Å². The van der Waals surface area contributed by atoms with Crippen molar-refractivity contribution < 1.29 is 0 Å².